The van der Waals surface area contributed by atoms with Gasteiger partial charge in [0.15, 0.2) is 0 Å². The van der Waals surface area contributed by atoms with Gasteiger partial charge in [-0.2, -0.15) is 0 Å². The van der Waals surface area contributed by atoms with E-state index in [0.29, 0.717) is 13.0 Å². The summed E-state index contributed by atoms with van der Waals surface area (Å²) in [4.78, 5) is 25.7. The molecule has 1 amide bonds. The normalized spacial score (nSPS) is 10.2. The van der Waals surface area contributed by atoms with E-state index in [-0.39, 0.29) is 18.4 Å². The predicted molar refractivity (Wildman–Crippen MR) is 57.4 cm³/mol. The van der Waals surface area contributed by atoms with Gasteiger partial charge in [0, 0.05) is 27.1 Å². The third kappa shape index (κ3) is 6.06. The van der Waals surface area contributed by atoms with Crippen LogP contribution < -0.4 is 0 Å². The number of carbonyl (C=O) groups is 2. The molecule has 0 aliphatic rings. The van der Waals surface area contributed by atoms with Crippen LogP contribution in [-0.2, 0) is 14.3 Å². The van der Waals surface area contributed by atoms with Crippen molar-refractivity contribution in [2.45, 2.75) is 13.3 Å². The topological polar surface area (TPSA) is 49.9 Å². The van der Waals surface area contributed by atoms with Crippen molar-refractivity contribution < 1.29 is 14.3 Å². The molecule has 0 atom stereocenters. The molecule has 0 spiro atoms. The van der Waals surface area contributed by atoms with Gasteiger partial charge < -0.3 is 9.64 Å². The van der Waals surface area contributed by atoms with Gasteiger partial charge >= 0.3 is 5.97 Å². The summed E-state index contributed by atoms with van der Waals surface area (Å²) in [5.41, 5.74) is 0. The minimum atomic E-state index is -0.269. The number of carbonyl (C=O) groups excluding carboxylic acids is 2. The summed E-state index contributed by atoms with van der Waals surface area (Å²) in [6.45, 7) is 3.51. The molecule has 0 saturated carbocycles. The maximum Gasteiger partial charge on any atom is 0.319 e. The van der Waals surface area contributed by atoms with Crippen LogP contribution in [0, 0.1) is 0 Å². The minimum absolute atomic E-state index is 0.0679. The summed E-state index contributed by atoms with van der Waals surface area (Å²) in [5.74, 6) is -0.201. The molecule has 0 radical (unpaired) electrons. The average Bonchev–Trinajstić information content (AvgIpc) is 2.22. The Kier molecular flexibility index (Phi) is 6.70. The molecule has 0 aromatic carbocycles. The smallest absolute Gasteiger partial charge is 0.319 e. The number of nitrogens with zero attached hydrogens (tertiary/aromatic N) is 2. The Labute approximate surface area is 91.0 Å². The highest BCUT2D eigenvalue weighted by molar-refractivity contribution is 5.76. The van der Waals surface area contributed by atoms with E-state index in [9.17, 15) is 9.59 Å². The lowest BCUT2D eigenvalue weighted by atomic mass is 10.3. The quantitative estimate of drug-likeness (QED) is 0.585. The molecular formula is C10H20N2O3. The Hall–Kier alpha value is -1.10. The molecule has 0 aliphatic carbocycles. The van der Waals surface area contributed by atoms with Crippen LogP contribution in [0.3, 0.4) is 0 Å². The molecule has 0 aromatic heterocycles. The molecule has 0 heterocycles. The van der Waals surface area contributed by atoms with Crippen LogP contribution in [0.1, 0.15) is 13.3 Å². The van der Waals surface area contributed by atoms with E-state index in [1.165, 1.54) is 7.11 Å². The van der Waals surface area contributed by atoms with Crippen LogP contribution in [0.4, 0.5) is 0 Å². The highest BCUT2D eigenvalue weighted by Gasteiger charge is 2.11. The van der Waals surface area contributed by atoms with E-state index in [1.807, 2.05) is 11.8 Å². The zero-order valence-corrected chi connectivity index (χ0v) is 9.95. The SMILES string of the molecule is CCN(CCC(=O)N(C)C)CC(=O)OC. The second kappa shape index (κ2) is 7.23. The monoisotopic (exact) mass is 216 g/mol. The van der Waals surface area contributed by atoms with E-state index in [0.717, 1.165) is 6.54 Å². The summed E-state index contributed by atoms with van der Waals surface area (Å²) < 4.78 is 4.56. The number of hydrogen-bond donors (Lipinski definition) is 0. The van der Waals surface area contributed by atoms with Gasteiger partial charge in [0.2, 0.25) is 5.91 Å². The number of esters is 1. The fourth-order valence-electron chi connectivity index (χ4n) is 1.07. The summed E-state index contributed by atoms with van der Waals surface area (Å²) in [7, 11) is 4.80. The number of likely N-dealkylation sites (N-methyl/N-ethyl adjacent to an activating group) is 1. The zero-order valence-electron chi connectivity index (χ0n) is 9.95. The molecule has 5 heteroatoms. The summed E-state index contributed by atoms with van der Waals surface area (Å²) in [6, 6.07) is 0. The molecular weight excluding hydrogens is 196 g/mol. The highest BCUT2D eigenvalue weighted by atomic mass is 16.5. The fourth-order valence-corrected chi connectivity index (χ4v) is 1.07. The first-order valence-electron chi connectivity index (χ1n) is 5.00. The van der Waals surface area contributed by atoms with E-state index in [1.54, 1.807) is 19.0 Å². The lowest BCUT2D eigenvalue weighted by molar-refractivity contribution is -0.142. The number of hydrogen-bond acceptors (Lipinski definition) is 4. The lowest BCUT2D eigenvalue weighted by Gasteiger charge is -2.19. The predicted octanol–water partition coefficient (Wildman–Crippen LogP) is -0.0404. The molecule has 0 aliphatic heterocycles. The maximum absolute atomic E-state index is 11.3. The summed E-state index contributed by atoms with van der Waals surface area (Å²) >= 11 is 0. The van der Waals surface area contributed by atoms with Gasteiger partial charge in [-0.25, -0.2) is 0 Å². The third-order valence-electron chi connectivity index (χ3n) is 2.17. The van der Waals surface area contributed by atoms with Gasteiger partial charge in [-0.3, -0.25) is 14.5 Å². The van der Waals surface area contributed by atoms with Crippen LogP contribution in [-0.4, -0.2) is 62.5 Å². The van der Waals surface area contributed by atoms with Crippen molar-refractivity contribution in [1.29, 1.82) is 0 Å². The van der Waals surface area contributed by atoms with Crippen LogP contribution in [0.2, 0.25) is 0 Å². The van der Waals surface area contributed by atoms with Crippen LogP contribution in [0.25, 0.3) is 0 Å². The van der Waals surface area contributed by atoms with Crippen molar-refractivity contribution in [2.24, 2.45) is 0 Å². The van der Waals surface area contributed by atoms with Crippen molar-refractivity contribution in [2.75, 3.05) is 40.8 Å². The Bertz CT molecular complexity index is 217. The lowest BCUT2D eigenvalue weighted by Crippen LogP contribution is -2.34. The number of methoxy groups -OCH3 is 1. The van der Waals surface area contributed by atoms with E-state index < -0.39 is 0 Å². The van der Waals surface area contributed by atoms with Gasteiger partial charge in [-0.15, -0.1) is 0 Å². The van der Waals surface area contributed by atoms with Crippen molar-refractivity contribution in [3.63, 3.8) is 0 Å². The van der Waals surface area contributed by atoms with Crippen molar-refractivity contribution in [1.82, 2.24) is 9.80 Å². The highest BCUT2D eigenvalue weighted by Crippen LogP contribution is 1.94. The zero-order chi connectivity index (χ0) is 11.8. The van der Waals surface area contributed by atoms with Gasteiger partial charge in [0.1, 0.15) is 0 Å². The second-order valence-electron chi connectivity index (χ2n) is 3.48. The van der Waals surface area contributed by atoms with Crippen LogP contribution >= 0.6 is 0 Å². The molecule has 88 valence electrons. The Morgan fingerprint density at radius 2 is 1.87 bits per heavy atom. The Morgan fingerprint density at radius 3 is 2.27 bits per heavy atom. The van der Waals surface area contributed by atoms with Crippen molar-refractivity contribution in [3.8, 4) is 0 Å². The van der Waals surface area contributed by atoms with E-state index in [4.69, 9.17) is 0 Å². The molecule has 0 aromatic rings. The van der Waals surface area contributed by atoms with E-state index >= 15 is 0 Å². The Morgan fingerprint density at radius 1 is 1.27 bits per heavy atom. The first-order valence-corrected chi connectivity index (χ1v) is 5.00. The maximum atomic E-state index is 11.3. The van der Waals surface area contributed by atoms with Crippen LogP contribution in [0.5, 0.6) is 0 Å². The molecule has 0 N–H and O–H groups in total. The van der Waals surface area contributed by atoms with E-state index in [2.05, 4.69) is 4.74 Å². The average molecular weight is 216 g/mol. The molecule has 0 fully saturated rings. The second-order valence-corrected chi connectivity index (χ2v) is 3.48. The molecule has 5 nitrogen and oxygen atoms in total. The molecule has 15 heavy (non-hydrogen) atoms. The first kappa shape index (κ1) is 13.9. The molecule has 0 bridgehead atoms. The molecule has 0 unspecified atom stereocenters. The Balaban J connectivity index is 3.90. The summed E-state index contributed by atoms with van der Waals surface area (Å²) in [6.07, 6.45) is 0.428. The molecule has 0 rings (SSSR count). The fraction of sp³-hybridized carbons (Fsp3) is 0.800. The molecule has 0 saturated heterocycles. The van der Waals surface area contributed by atoms with Crippen molar-refractivity contribution in [3.05, 3.63) is 0 Å². The summed E-state index contributed by atoms with van der Waals surface area (Å²) in [5, 5.41) is 0. The first-order chi connectivity index (χ1) is 7.01. The number of ether oxygens (including phenoxy) is 1. The third-order valence-corrected chi connectivity index (χ3v) is 2.17. The van der Waals surface area contributed by atoms with Crippen LogP contribution in [0.15, 0.2) is 0 Å². The van der Waals surface area contributed by atoms with Gasteiger partial charge in [0.05, 0.1) is 13.7 Å². The van der Waals surface area contributed by atoms with Gasteiger partial charge in [-0.1, -0.05) is 6.92 Å². The standard InChI is InChI=1S/C10H20N2O3/c1-5-12(8-10(14)15-4)7-6-9(13)11(2)3/h5-8H2,1-4H3. The minimum Gasteiger partial charge on any atom is -0.468 e. The largest absolute Gasteiger partial charge is 0.468 e. The van der Waals surface area contributed by atoms with Gasteiger partial charge in [0.25, 0.3) is 0 Å². The van der Waals surface area contributed by atoms with Gasteiger partial charge in [-0.05, 0) is 6.54 Å². The number of rotatable bonds is 6. The van der Waals surface area contributed by atoms with Crippen molar-refractivity contribution >= 4 is 11.9 Å². The number of amides is 1.